The monoisotopic (exact) mass is 387 g/mol. The summed E-state index contributed by atoms with van der Waals surface area (Å²) in [5.74, 6) is -0.0385. The van der Waals surface area contributed by atoms with Gasteiger partial charge in [-0.15, -0.1) is 11.3 Å². The summed E-state index contributed by atoms with van der Waals surface area (Å²) in [6.45, 7) is 0. The zero-order valence-corrected chi connectivity index (χ0v) is 14.6. The second-order valence-electron chi connectivity index (χ2n) is 4.93. The van der Waals surface area contributed by atoms with Crippen LogP contribution in [0.15, 0.2) is 58.6 Å². The quantitative estimate of drug-likeness (QED) is 0.653. The molecule has 6 heteroatoms. The Morgan fingerprint density at radius 2 is 2.00 bits per heavy atom. The molecule has 4 nitrogen and oxygen atoms in total. The van der Waals surface area contributed by atoms with E-state index in [1.54, 1.807) is 23.6 Å². The third-order valence-electron chi connectivity index (χ3n) is 3.19. The maximum absolute atomic E-state index is 12.0. The standard InChI is InChI=1S/C17H14BrN3OS/c18-15-8-6-13(10-19-15)20-16(22)9-7-14-11-23-17(21-14)12-4-2-1-3-5-12/h1-6,8,10-11H,7,9H2,(H,20,22). The summed E-state index contributed by atoms with van der Waals surface area (Å²) in [6.07, 6.45) is 2.64. The van der Waals surface area contributed by atoms with Crippen molar-refractivity contribution in [2.75, 3.05) is 5.32 Å². The van der Waals surface area contributed by atoms with Crippen LogP contribution in [0.4, 0.5) is 5.69 Å². The number of pyridine rings is 1. The zero-order chi connectivity index (χ0) is 16.1. The number of carbonyl (C=O) groups excluding carboxylic acids is 1. The summed E-state index contributed by atoms with van der Waals surface area (Å²) in [4.78, 5) is 20.6. The van der Waals surface area contributed by atoms with Gasteiger partial charge in [-0.1, -0.05) is 30.3 Å². The summed E-state index contributed by atoms with van der Waals surface area (Å²) in [5.41, 5.74) is 2.74. The minimum Gasteiger partial charge on any atom is -0.325 e. The van der Waals surface area contributed by atoms with Gasteiger partial charge in [0.15, 0.2) is 0 Å². The number of nitrogens with zero attached hydrogens (tertiary/aromatic N) is 2. The van der Waals surface area contributed by atoms with Crippen molar-refractivity contribution in [3.63, 3.8) is 0 Å². The lowest BCUT2D eigenvalue weighted by atomic mass is 10.2. The topological polar surface area (TPSA) is 54.9 Å². The van der Waals surface area contributed by atoms with E-state index in [0.717, 1.165) is 20.9 Å². The average molecular weight is 388 g/mol. The summed E-state index contributed by atoms with van der Waals surface area (Å²) in [6, 6.07) is 13.7. The highest BCUT2D eigenvalue weighted by Gasteiger charge is 2.08. The lowest BCUT2D eigenvalue weighted by Gasteiger charge is -2.03. The van der Waals surface area contributed by atoms with E-state index >= 15 is 0 Å². The number of benzene rings is 1. The Balaban J connectivity index is 1.55. The van der Waals surface area contributed by atoms with Crippen molar-refractivity contribution in [2.24, 2.45) is 0 Å². The smallest absolute Gasteiger partial charge is 0.224 e. The fourth-order valence-corrected chi connectivity index (χ4v) is 3.14. The summed E-state index contributed by atoms with van der Waals surface area (Å²) >= 11 is 4.87. The molecule has 116 valence electrons. The van der Waals surface area contributed by atoms with Gasteiger partial charge in [0.2, 0.25) is 5.91 Å². The van der Waals surface area contributed by atoms with Crippen LogP contribution in [0.5, 0.6) is 0 Å². The fraction of sp³-hybridized carbons (Fsp3) is 0.118. The van der Waals surface area contributed by atoms with Crippen LogP contribution in [-0.2, 0) is 11.2 Å². The number of carbonyl (C=O) groups is 1. The molecule has 0 aliphatic carbocycles. The maximum atomic E-state index is 12.0. The molecular formula is C17H14BrN3OS. The van der Waals surface area contributed by atoms with Gasteiger partial charge in [0, 0.05) is 17.4 Å². The Bertz CT molecular complexity index is 787. The van der Waals surface area contributed by atoms with Gasteiger partial charge in [-0.25, -0.2) is 9.97 Å². The maximum Gasteiger partial charge on any atom is 0.224 e. The molecule has 0 atom stereocenters. The number of aryl methyl sites for hydroxylation is 1. The first-order chi connectivity index (χ1) is 11.2. The van der Waals surface area contributed by atoms with Crippen LogP contribution in [0, 0.1) is 0 Å². The number of rotatable bonds is 5. The van der Waals surface area contributed by atoms with Crippen molar-refractivity contribution in [1.29, 1.82) is 0 Å². The first-order valence-electron chi connectivity index (χ1n) is 7.12. The van der Waals surface area contributed by atoms with Crippen LogP contribution >= 0.6 is 27.3 Å². The van der Waals surface area contributed by atoms with Crippen molar-refractivity contribution < 1.29 is 4.79 Å². The Morgan fingerprint density at radius 3 is 2.74 bits per heavy atom. The molecular weight excluding hydrogens is 374 g/mol. The molecule has 0 fully saturated rings. The zero-order valence-electron chi connectivity index (χ0n) is 12.2. The van der Waals surface area contributed by atoms with E-state index in [4.69, 9.17) is 0 Å². The number of aromatic nitrogens is 2. The van der Waals surface area contributed by atoms with Crippen molar-refractivity contribution in [3.8, 4) is 10.6 Å². The largest absolute Gasteiger partial charge is 0.325 e. The van der Waals surface area contributed by atoms with Gasteiger partial charge in [0.05, 0.1) is 17.6 Å². The van der Waals surface area contributed by atoms with Crippen LogP contribution in [0.2, 0.25) is 0 Å². The second kappa shape index (κ2) is 7.48. The summed E-state index contributed by atoms with van der Waals surface area (Å²) in [7, 11) is 0. The van der Waals surface area contributed by atoms with Crippen LogP contribution in [0.25, 0.3) is 10.6 Å². The number of thiazole rings is 1. The minimum atomic E-state index is -0.0385. The van der Waals surface area contributed by atoms with E-state index < -0.39 is 0 Å². The van der Waals surface area contributed by atoms with Crippen molar-refractivity contribution in [3.05, 3.63) is 64.3 Å². The Labute approximate surface area is 146 Å². The van der Waals surface area contributed by atoms with E-state index in [-0.39, 0.29) is 5.91 Å². The Morgan fingerprint density at radius 1 is 1.17 bits per heavy atom. The van der Waals surface area contributed by atoms with Gasteiger partial charge < -0.3 is 5.32 Å². The lowest BCUT2D eigenvalue weighted by molar-refractivity contribution is -0.116. The van der Waals surface area contributed by atoms with Gasteiger partial charge >= 0.3 is 0 Å². The third kappa shape index (κ3) is 4.46. The van der Waals surface area contributed by atoms with Gasteiger partial charge in [-0.2, -0.15) is 0 Å². The highest BCUT2D eigenvalue weighted by atomic mass is 79.9. The summed E-state index contributed by atoms with van der Waals surface area (Å²) in [5, 5.41) is 5.83. The Kier molecular flexibility index (Phi) is 5.15. The second-order valence-corrected chi connectivity index (χ2v) is 6.60. The van der Waals surface area contributed by atoms with Crippen molar-refractivity contribution in [2.45, 2.75) is 12.8 Å². The highest BCUT2D eigenvalue weighted by molar-refractivity contribution is 9.10. The van der Waals surface area contributed by atoms with Crippen LogP contribution < -0.4 is 5.32 Å². The molecule has 0 bridgehead atoms. The van der Waals surface area contributed by atoms with E-state index in [1.165, 1.54) is 0 Å². The lowest BCUT2D eigenvalue weighted by Crippen LogP contribution is -2.12. The number of anilines is 1. The molecule has 3 aromatic rings. The Hall–Kier alpha value is -2.05. The molecule has 0 aliphatic rings. The average Bonchev–Trinajstić information content (AvgIpc) is 3.05. The van der Waals surface area contributed by atoms with E-state index in [0.29, 0.717) is 18.5 Å². The molecule has 1 N–H and O–H groups in total. The van der Waals surface area contributed by atoms with E-state index in [1.807, 2.05) is 41.8 Å². The number of hydrogen-bond donors (Lipinski definition) is 1. The number of hydrogen-bond acceptors (Lipinski definition) is 4. The molecule has 0 saturated heterocycles. The van der Waals surface area contributed by atoms with Crippen LogP contribution in [0.3, 0.4) is 0 Å². The van der Waals surface area contributed by atoms with Gasteiger partial charge in [0.1, 0.15) is 9.61 Å². The SMILES string of the molecule is O=C(CCc1csc(-c2ccccc2)n1)Nc1ccc(Br)nc1. The molecule has 0 saturated carbocycles. The molecule has 0 aliphatic heterocycles. The molecule has 2 aromatic heterocycles. The molecule has 0 unspecified atom stereocenters. The highest BCUT2D eigenvalue weighted by Crippen LogP contribution is 2.23. The van der Waals surface area contributed by atoms with Gasteiger partial charge in [0.25, 0.3) is 0 Å². The van der Waals surface area contributed by atoms with Crippen LogP contribution in [-0.4, -0.2) is 15.9 Å². The number of nitrogens with one attached hydrogen (secondary N) is 1. The minimum absolute atomic E-state index is 0.0385. The van der Waals surface area contributed by atoms with Gasteiger partial charge in [-0.3, -0.25) is 4.79 Å². The molecule has 2 heterocycles. The predicted molar refractivity (Wildman–Crippen MR) is 96.4 cm³/mol. The van der Waals surface area contributed by atoms with Crippen molar-refractivity contribution in [1.82, 2.24) is 9.97 Å². The number of amides is 1. The summed E-state index contributed by atoms with van der Waals surface area (Å²) < 4.78 is 0.742. The normalized spacial score (nSPS) is 10.5. The predicted octanol–water partition coefficient (Wildman–Crippen LogP) is 4.54. The number of halogens is 1. The van der Waals surface area contributed by atoms with Crippen molar-refractivity contribution >= 4 is 38.9 Å². The van der Waals surface area contributed by atoms with Crippen LogP contribution in [0.1, 0.15) is 12.1 Å². The molecule has 1 aromatic carbocycles. The first-order valence-corrected chi connectivity index (χ1v) is 8.79. The first kappa shape index (κ1) is 15.8. The third-order valence-corrected chi connectivity index (χ3v) is 4.60. The molecule has 3 rings (SSSR count). The molecule has 0 spiro atoms. The molecule has 0 radical (unpaired) electrons. The fourth-order valence-electron chi connectivity index (χ4n) is 2.05. The molecule has 23 heavy (non-hydrogen) atoms. The molecule has 1 amide bonds. The van der Waals surface area contributed by atoms with E-state index in [9.17, 15) is 4.79 Å². The van der Waals surface area contributed by atoms with E-state index in [2.05, 4.69) is 31.2 Å². The van der Waals surface area contributed by atoms with Gasteiger partial charge in [-0.05, 0) is 34.5 Å².